The number of esters is 1. The number of hydrogen-bond donors (Lipinski definition) is 0. The van der Waals surface area contributed by atoms with Crippen molar-refractivity contribution in [1.29, 1.82) is 0 Å². The number of nitrogens with zero attached hydrogens (tertiary/aromatic N) is 1. The van der Waals surface area contributed by atoms with Gasteiger partial charge in [-0.25, -0.2) is 9.18 Å². The first-order chi connectivity index (χ1) is 17.7. The van der Waals surface area contributed by atoms with Crippen LogP contribution in [-0.2, 0) is 29.3 Å². The topological polar surface area (TPSA) is 66.3 Å². The summed E-state index contributed by atoms with van der Waals surface area (Å²) < 4.78 is 31.0. The van der Waals surface area contributed by atoms with Crippen molar-refractivity contribution < 1.29 is 28.2 Å². The fraction of sp³-hybridized carbons (Fsp3) is 0.667. The minimum Gasteiger partial charge on any atom is -0.458 e. The van der Waals surface area contributed by atoms with E-state index in [9.17, 15) is 9.18 Å². The summed E-state index contributed by atoms with van der Waals surface area (Å²) in [5.41, 5.74) is 1.53. The van der Waals surface area contributed by atoms with Gasteiger partial charge in [0.2, 0.25) is 0 Å². The fourth-order valence-corrected chi connectivity index (χ4v) is 6.59. The van der Waals surface area contributed by atoms with Crippen LogP contribution in [0.3, 0.4) is 0 Å². The summed E-state index contributed by atoms with van der Waals surface area (Å²) in [6, 6.07) is 6.93. The van der Waals surface area contributed by atoms with Crippen LogP contribution in [0, 0.1) is 23.6 Å². The third kappa shape index (κ3) is 6.61. The molecule has 1 saturated heterocycles. The van der Waals surface area contributed by atoms with Crippen LogP contribution < -0.4 is 0 Å². The number of fused-ring (bicyclic) bond motifs is 2. The molecule has 37 heavy (non-hydrogen) atoms. The largest absolute Gasteiger partial charge is 0.458 e. The van der Waals surface area contributed by atoms with Gasteiger partial charge in [-0.2, -0.15) is 0 Å². The van der Waals surface area contributed by atoms with Crippen LogP contribution in [0.15, 0.2) is 41.6 Å². The first kappa shape index (κ1) is 27.8. The molecule has 3 aliphatic rings. The lowest BCUT2D eigenvalue weighted by Crippen LogP contribution is -2.44. The summed E-state index contributed by atoms with van der Waals surface area (Å²) in [4.78, 5) is 17.3. The Labute approximate surface area is 220 Å². The highest BCUT2D eigenvalue weighted by Gasteiger charge is 2.61. The van der Waals surface area contributed by atoms with E-state index in [0.717, 1.165) is 37.0 Å². The van der Waals surface area contributed by atoms with Gasteiger partial charge < -0.3 is 19.0 Å². The van der Waals surface area contributed by atoms with Crippen LogP contribution in [0.4, 0.5) is 4.39 Å². The molecule has 1 aromatic carbocycles. The molecule has 2 saturated carbocycles. The van der Waals surface area contributed by atoms with E-state index in [2.05, 4.69) is 11.2 Å². The molecule has 0 radical (unpaired) electrons. The van der Waals surface area contributed by atoms with Crippen LogP contribution in [-0.4, -0.2) is 50.3 Å². The summed E-state index contributed by atoms with van der Waals surface area (Å²) in [7, 11) is 1.63. The van der Waals surface area contributed by atoms with E-state index >= 15 is 0 Å². The minimum atomic E-state index is -0.524. The standard InChI is InChI=1S/C30H42FNO5/c1-29(2,3)37-26(33)19-35-17-9-8-12-24-27(28(32-34-4)21-10-6-5-7-11-21)25-18-30(24,20-36-25)22-13-15-23(31)16-14-22/h8-9,13-16,21,24-25,27H,5-7,10-12,17-20H2,1-4H3/b9-8-,32-28?/t24-,25-,27-,30-/m0/s1. The van der Waals surface area contributed by atoms with E-state index in [0.29, 0.717) is 19.1 Å². The number of ether oxygens (including phenoxy) is 3. The molecule has 0 aromatic heterocycles. The first-order valence-corrected chi connectivity index (χ1v) is 13.7. The van der Waals surface area contributed by atoms with Crippen molar-refractivity contribution in [3.63, 3.8) is 0 Å². The van der Waals surface area contributed by atoms with Gasteiger partial charge in [-0.05, 0) is 70.1 Å². The van der Waals surface area contributed by atoms with E-state index in [4.69, 9.17) is 19.0 Å². The molecule has 6 nitrogen and oxygen atoms in total. The molecule has 1 aliphatic heterocycles. The summed E-state index contributed by atoms with van der Waals surface area (Å²) in [5, 5.41) is 4.62. The van der Waals surface area contributed by atoms with Gasteiger partial charge in [0, 0.05) is 17.3 Å². The second-order valence-electron chi connectivity index (χ2n) is 11.7. The van der Waals surface area contributed by atoms with Gasteiger partial charge in [0.25, 0.3) is 0 Å². The van der Waals surface area contributed by atoms with E-state index in [-0.39, 0.29) is 41.7 Å². The van der Waals surface area contributed by atoms with Gasteiger partial charge >= 0.3 is 5.97 Å². The third-order valence-electron chi connectivity index (χ3n) is 8.06. The molecule has 0 unspecified atom stereocenters. The van der Waals surface area contributed by atoms with Crippen molar-refractivity contribution in [2.24, 2.45) is 22.9 Å². The van der Waals surface area contributed by atoms with Crippen molar-refractivity contribution in [3.8, 4) is 0 Å². The molecule has 204 valence electrons. The lowest BCUT2D eigenvalue weighted by molar-refractivity contribution is -0.159. The number of rotatable bonds is 10. The van der Waals surface area contributed by atoms with Crippen molar-refractivity contribution in [1.82, 2.24) is 0 Å². The molecule has 1 heterocycles. The average molecular weight is 516 g/mol. The maximum Gasteiger partial charge on any atom is 0.332 e. The minimum absolute atomic E-state index is 0.0719. The Morgan fingerprint density at radius 2 is 1.89 bits per heavy atom. The van der Waals surface area contributed by atoms with Crippen molar-refractivity contribution in [2.75, 3.05) is 26.9 Å². The Bertz CT molecular complexity index is 963. The smallest absolute Gasteiger partial charge is 0.332 e. The zero-order valence-electron chi connectivity index (χ0n) is 22.7. The highest BCUT2D eigenvalue weighted by molar-refractivity contribution is 5.90. The molecule has 0 N–H and O–H groups in total. The lowest BCUT2D eigenvalue weighted by Gasteiger charge is -2.41. The zero-order valence-corrected chi connectivity index (χ0v) is 22.7. The third-order valence-corrected chi connectivity index (χ3v) is 8.06. The monoisotopic (exact) mass is 515 g/mol. The zero-order chi connectivity index (χ0) is 26.5. The number of oxime groups is 1. The van der Waals surface area contributed by atoms with E-state index in [1.165, 1.54) is 19.3 Å². The Kier molecular flexibility index (Phi) is 9.07. The quantitative estimate of drug-likeness (QED) is 0.126. The molecular weight excluding hydrogens is 473 g/mol. The van der Waals surface area contributed by atoms with E-state index in [1.807, 2.05) is 39.0 Å². The number of halogens is 1. The molecule has 0 spiro atoms. The fourth-order valence-electron chi connectivity index (χ4n) is 6.59. The molecule has 7 heteroatoms. The van der Waals surface area contributed by atoms with Gasteiger partial charge in [0.1, 0.15) is 25.1 Å². The van der Waals surface area contributed by atoms with Crippen LogP contribution in [0.1, 0.15) is 71.3 Å². The maximum atomic E-state index is 13.8. The summed E-state index contributed by atoms with van der Waals surface area (Å²) in [6.45, 7) is 6.40. The van der Waals surface area contributed by atoms with Crippen LogP contribution in [0.25, 0.3) is 0 Å². The lowest BCUT2D eigenvalue weighted by atomic mass is 9.66. The van der Waals surface area contributed by atoms with Gasteiger partial charge in [-0.3, -0.25) is 0 Å². The van der Waals surface area contributed by atoms with Gasteiger partial charge in [0.15, 0.2) is 0 Å². The highest BCUT2D eigenvalue weighted by Crippen LogP contribution is 2.58. The SMILES string of the molecule is CON=C(C1CCCCC1)[C@@H]1[C@@H]2C[C@@](c3ccc(F)cc3)(CO2)[C@H]1C/C=C\COCC(=O)OC(C)(C)C. The second kappa shape index (κ2) is 12.1. The molecule has 3 fully saturated rings. The number of carbonyl (C=O) groups excluding carboxylic acids is 1. The van der Waals surface area contributed by atoms with Crippen LogP contribution in [0.2, 0.25) is 0 Å². The number of allylic oxidation sites excluding steroid dienone is 1. The Morgan fingerprint density at radius 1 is 1.16 bits per heavy atom. The van der Waals surface area contributed by atoms with E-state index < -0.39 is 5.60 Å². The summed E-state index contributed by atoms with van der Waals surface area (Å²) in [6.07, 6.45) is 11.9. The maximum absolute atomic E-state index is 13.8. The number of hydrogen-bond acceptors (Lipinski definition) is 6. The molecule has 0 amide bonds. The number of benzene rings is 1. The normalized spacial score (nSPS) is 28.7. The van der Waals surface area contributed by atoms with Gasteiger partial charge in [0.05, 0.1) is 25.0 Å². The molecular formula is C30H42FNO5. The molecule has 1 aromatic rings. The number of carbonyl (C=O) groups is 1. The van der Waals surface area contributed by atoms with Crippen molar-refractivity contribution >= 4 is 11.7 Å². The van der Waals surface area contributed by atoms with Gasteiger partial charge in [-0.15, -0.1) is 0 Å². The average Bonchev–Trinajstić information content (AvgIpc) is 3.42. The predicted octanol–water partition coefficient (Wildman–Crippen LogP) is 5.99. The summed E-state index contributed by atoms with van der Waals surface area (Å²) in [5.74, 6) is 0.210. The van der Waals surface area contributed by atoms with E-state index in [1.54, 1.807) is 19.2 Å². The molecule has 2 aliphatic carbocycles. The molecule has 4 atom stereocenters. The highest BCUT2D eigenvalue weighted by atomic mass is 19.1. The van der Waals surface area contributed by atoms with Crippen molar-refractivity contribution in [2.45, 2.75) is 82.8 Å². The van der Waals surface area contributed by atoms with Crippen LogP contribution in [0.5, 0.6) is 0 Å². The van der Waals surface area contributed by atoms with Gasteiger partial charge in [-0.1, -0.05) is 48.7 Å². The predicted molar refractivity (Wildman–Crippen MR) is 141 cm³/mol. The van der Waals surface area contributed by atoms with Crippen molar-refractivity contribution in [3.05, 3.63) is 47.8 Å². The molecule has 2 bridgehead atoms. The Balaban J connectivity index is 1.51. The molecule has 4 rings (SSSR count). The Morgan fingerprint density at radius 3 is 2.57 bits per heavy atom. The second-order valence-corrected chi connectivity index (χ2v) is 11.7. The van der Waals surface area contributed by atoms with Crippen LogP contribution >= 0.6 is 0 Å². The summed E-state index contributed by atoms with van der Waals surface area (Å²) >= 11 is 0. The Hall–Kier alpha value is -2.25. The first-order valence-electron chi connectivity index (χ1n) is 13.7.